The Hall–Kier alpha value is -2.88. The molecule has 1 amide bonds. The van der Waals surface area contributed by atoms with Crippen LogP contribution in [-0.4, -0.2) is 14.3 Å². The van der Waals surface area contributed by atoms with Crippen molar-refractivity contribution in [3.05, 3.63) is 94.0 Å². The summed E-state index contributed by atoms with van der Waals surface area (Å²) in [5.41, 5.74) is 2.41. The van der Waals surface area contributed by atoms with E-state index in [1.807, 2.05) is 24.3 Å². The van der Waals surface area contributed by atoms with Crippen LogP contribution in [0, 0.1) is 0 Å². The maximum Gasteiger partial charge on any atom is 0.296 e. The first kappa shape index (κ1) is 21.8. The fraction of sp³-hybridized carbons (Fsp3) is 0.0952. The van der Waals surface area contributed by atoms with Crippen LogP contribution in [0.25, 0.3) is 0 Å². The number of hydrogen-bond acceptors (Lipinski definition) is 4. The van der Waals surface area contributed by atoms with E-state index in [1.165, 1.54) is 0 Å². The van der Waals surface area contributed by atoms with Gasteiger partial charge in [0.25, 0.3) is 16.1 Å². The Bertz CT molecular complexity index is 1150. The van der Waals surface area contributed by atoms with E-state index in [0.29, 0.717) is 29.2 Å². The summed E-state index contributed by atoms with van der Waals surface area (Å²) in [6.07, 6.45) is 0. The summed E-state index contributed by atoms with van der Waals surface area (Å²) < 4.78 is 31.3. The Morgan fingerprint density at radius 3 is 2.47 bits per heavy atom. The Morgan fingerprint density at radius 2 is 1.70 bits per heavy atom. The molecule has 0 saturated heterocycles. The number of carbonyl (C=O) groups excluding carboxylic acids is 1. The van der Waals surface area contributed by atoms with Crippen molar-refractivity contribution in [2.45, 2.75) is 13.2 Å². The molecule has 0 bridgehead atoms. The van der Waals surface area contributed by atoms with E-state index in [1.54, 1.807) is 48.5 Å². The zero-order chi connectivity index (χ0) is 21.6. The number of hydrogen-bond donors (Lipinski definition) is 3. The summed E-state index contributed by atoms with van der Waals surface area (Å²) in [6.45, 7) is 0.532. The van der Waals surface area contributed by atoms with Crippen LogP contribution in [0.3, 0.4) is 0 Å². The number of ether oxygens (including phenoxy) is 1. The predicted octanol–water partition coefficient (Wildman–Crippen LogP) is 3.57. The van der Waals surface area contributed by atoms with Gasteiger partial charge < -0.3 is 10.1 Å². The topological polar surface area (TPSA) is 111 Å². The van der Waals surface area contributed by atoms with Crippen molar-refractivity contribution in [3.8, 4) is 5.75 Å². The molecule has 0 aromatic heterocycles. The zero-order valence-electron chi connectivity index (χ0n) is 15.8. The van der Waals surface area contributed by atoms with Gasteiger partial charge in [-0.05, 0) is 47.5 Å². The van der Waals surface area contributed by atoms with Crippen molar-refractivity contribution in [3.63, 3.8) is 0 Å². The number of amides is 1. The lowest BCUT2D eigenvalue weighted by Crippen LogP contribution is -2.24. The minimum Gasteiger partial charge on any atom is -0.488 e. The van der Waals surface area contributed by atoms with Gasteiger partial charge in [0.1, 0.15) is 12.4 Å². The van der Waals surface area contributed by atoms with Crippen molar-refractivity contribution in [2.75, 3.05) is 4.72 Å². The second-order valence-corrected chi connectivity index (χ2v) is 8.65. The summed E-state index contributed by atoms with van der Waals surface area (Å²) in [4.78, 5) is 12.7. The van der Waals surface area contributed by atoms with Crippen LogP contribution in [0.1, 0.15) is 21.5 Å². The highest BCUT2D eigenvalue weighted by Gasteiger charge is 2.12. The number of nitrogens with one attached hydrogen (secondary N) is 2. The minimum atomic E-state index is -3.86. The van der Waals surface area contributed by atoms with Gasteiger partial charge in [-0.15, -0.1) is 0 Å². The molecule has 3 aromatic carbocycles. The molecule has 3 aromatic rings. The quantitative estimate of drug-likeness (QED) is 0.448. The van der Waals surface area contributed by atoms with Gasteiger partial charge in [0, 0.05) is 11.0 Å². The fourth-order valence-corrected chi connectivity index (χ4v) is 3.66. The summed E-state index contributed by atoms with van der Waals surface area (Å²) >= 11 is 3.43. The molecular formula is C21H20BrN3O4S. The van der Waals surface area contributed by atoms with Crippen LogP contribution in [0.2, 0.25) is 0 Å². The summed E-state index contributed by atoms with van der Waals surface area (Å²) in [5, 5.41) is 7.80. The number of carbonyl (C=O) groups is 1. The Morgan fingerprint density at radius 1 is 0.967 bits per heavy atom. The lowest BCUT2D eigenvalue weighted by Gasteiger charge is -2.12. The number of anilines is 1. The van der Waals surface area contributed by atoms with Gasteiger partial charge >= 0.3 is 0 Å². The smallest absolute Gasteiger partial charge is 0.296 e. The number of rotatable bonds is 8. The molecule has 0 aliphatic carbocycles. The van der Waals surface area contributed by atoms with Crippen LogP contribution in [-0.2, 0) is 23.4 Å². The third-order valence-electron chi connectivity index (χ3n) is 4.06. The Balaban J connectivity index is 1.65. The lowest BCUT2D eigenvalue weighted by molar-refractivity contribution is 0.0946. The van der Waals surface area contributed by atoms with Crippen LogP contribution in [0.4, 0.5) is 5.69 Å². The van der Waals surface area contributed by atoms with E-state index in [4.69, 9.17) is 9.88 Å². The monoisotopic (exact) mass is 489 g/mol. The average Bonchev–Trinajstić information content (AvgIpc) is 2.70. The SMILES string of the molecule is NS(=O)(=O)Nc1cccc(CNC(=O)c2ccccc2OCc2cccc(Br)c2)c1. The van der Waals surface area contributed by atoms with E-state index >= 15 is 0 Å². The van der Waals surface area contributed by atoms with E-state index in [9.17, 15) is 13.2 Å². The molecule has 0 aliphatic rings. The molecule has 3 rings (SSSR count). The largest absolute Gasteiger partial charge is 0.488 e. The molecule has 0 aliphatic heterocycles. The fourth-order valence-electron chi connectivity index (χ4n) is 2.75. The van der Waals surface area contributed by atoms with E-state index < -0.39 is 10.2 Å². The van der Waals surface area contributed by atoms with Crippen molar-refractivity contribution in [1.82, 2.24) is 5.32 Å². The molecule has 0 heterocycles. The zero-order valence-corrected chi connectivity index (χ0v) is 18.2. The number of halogens is 1. The number of nitrogens with two attached hydrogens (primary N) is 1. The molecule has 0 saturated carbocycles. The molecule has 0 fully saturated rings. The molecule has 30 heavy (non-hydrogen) atoms. The maximum atomic E-state index is 12.7. The Labute approximate surface area is 183 Å². The highest BCUT2D eigenvalue weighted by molar-refractivity contribution is 9.10. The van der Waals surface area contributed by atoms with Gasteiger partial charge in [-0.3, -0.25) is 9.52 Å². The van der Waals surface area contributed by atoms with Gasteiger partial charge in [-0.25, -0.2) is 5.14 Å². The second-order valence-electron chi connectivity index (χ2n) is 6.44. The molecule has 9 heteroatoms. The summed E-state index contributed by atoms with van der Waals surface area (Å²) in [7, 11) is -3.86. The molecule has 0 radical (unpaired) electrons. The van der Waals surface area contributed by atoms with Crippen molar-refractivity contribution in [1.29, 1.82) is 0 Å². The van der Waals surface area contributed by atoms with Gasteiger partial charge in [0.15, 0.2) is 0 Å². The molecule has 156 valence electrons. The standard InChI is InChI=1S/C21H20BrN3O4S/c22-17-7-3-6-16(11-17)14-29-20-10-2-1-9-19(20)21(26)24-13-15-5-4-8-18(12-15)25-30(23,27)28/h1-12,25H,13-14H2,(H,24,26)(H2,23,27,28). The van der Waals surface area contributed by atoms with E-state index in [2.05, 4.69) is 26.0 Å². The van der Waals surface area contributed by atoms with E-state index in [-0.39, 0.29) is 12.5 Å². The molecule has 0 spiro atoms. The molecule has 7 nitrogen and oxygen atoms in total. The van der Waals surface area contributed by atoms with Crippen molar-refractivity contribution < 1.29 is 17.9 Å². The first-order chi connectivity index (χ1) is 14.3. The first-order valence-electron chi connectivity index (χ1n) is 8.94. The highest BCUT2D eigenvalue weighted by Crippen LogP contribution is 2.21. The van der Waals surface area contributed by atoms with Crippen LogP contribution >= 0.6 is 15.9 Å². The number of benzene rings is 3. The molecule has 0 unspecified atom stereocenters. The summed E-state index contributed by atoms with van der Waals surface area (Å²) in [6, 6.07) is 21.3. The minimum absolute atomic E-state index is 0.207. The maximum absolute atomic E-state index is 12.7. The van der Waals surface area contributed by atoms with Crippen LogP contribution in [0.15, 0.2) is 77.3 Å². The lowest BCUT2D eigenvalue weighted by atomic mass is 10.1. The van der Waals surface area contributed by atoms with Crippen molar-refractivity contribution in [2.24, 2.45) is 5.14 Å². The molecule has 0 atom stereocenters. The normalized spacial score (nSPS) is 11.0. The van der Waals surface area contributed by atoms with Crippen LogP contribution in [0.5, 0.6) is 5.75 Å². The van der Waals surface area contributed by atoms with Crippen molar-refractivity contribution >= 4 is 37.7 Å². The van der Waals surface area contributed by atoms with Gasteiger partial charge in [0.05, 0.1) is 11.3 Å². The van der Waals surface area contributed by atoms with Gasteiger partial charge in [0.2, 0.25) is 0 Å². The average molecular weight is 490 g/mol. The third-order valence-corrected chi connectivity index (χ3v) is 5.07. The van der Waals surface area contributed by atoms with E-state index in [0.717, 1.165) is 10.0 Å². The first-order valence-corrected chi connectivity index (χ1v) is 11.3. The second kappa shape index (κ2) is 9.75. The highest BCUT2D eigenvalue weighted by atomic mass is 79.9. The molecule has 4 N–H and O–H groups in total. The van der Waals surface area contributed by atoms with Crippen LogP contribution < -0.4 is 19.9 Å². The third kappa shape index (κ3) is 6.58. The Kier molecular flexibility index (Phi) is 7.09. The summed E-state index contributed by atoms with van der Waals surface area (Å²) in [5.74, 6) is 0.171. The van der Waals surface area contributed by atoms with Gasteiger partial charge in [-0.2, -0.15) is 8.42 Å². The number of para-hydroxylation sites is 1. The molecular weight excluding hydrogens is 470 g/mol. The van der Waals surface area contributed by atoms with Gasteiger partial charge in [-0.1, -0.05) is 52.3 Å². The predicted molar refractivity (Wildman–Crippen MR) is 119 cm³/mol.